The second-order valence-corrected chi connectivity index (χ2v) is 10.6. The minimum absolute atomic E-state index is 0.162. The van der Waals surface area contributed by atoms with E-state index in [0.717, 1.165) is 35.6 Å². The second kappa shape index (κ2) is 12.5. The molecule has 0 aromatic heterocycles. The fourth-order valence-corrected chi connectivity index (χ4v) is 5.10. The Labute approximate surface area is 205 Å². The first-order chi connectivity index (χ1) is 16.4. The summed E-state index contributed by atoms with van der Waals surface area (Å²) < 4.78 is 27.8. The van der Waals surface area contributed by atoms with Crippen LogP contribution in [0.25, 0.3) is 0 Å². The van der Waals surface area contributed by atoms with Gasteiger partial charge in [-0.1, -0.05) is 63.3 Å². The van der Waals surface area contributed by atoms with Gasteiger partial charge in [-0.25, -0.2) is 8.42 Å². The number of anilines is 5. The van der Waals surface area contributed by atoms with Crippen molar-refractivity contribution >= 4 is 38.5 Å². The van der Waals surface area contributed by atoms with Crippen molar-refractivity contribution in [1.29, 1.82) is 0 Å². The monoisotopic (exact) mass is 479 g/mol. The first-order valence-corrected chi connectivity index (χ1v) is 13.8. The lowest BCUT2D eigenvalue weighted by atomic mass is 10.1. The van der Waals surface area contributed by atoms with E-state index in [2.05, 4.69) is 64.9 Å². The zero-order valence-corrected chi connectivity index (χ0v) is 21.4. The third-order valence-corrected chi connectivity index (χ3v) is 7.41. The van der Waals surface area contributed by atoms with Gasteiger partial charge in [0.15, 0.2) is 0 Å². The van der Waals surface area contributed by atoms with Gasteiger partial charge < -0.3 is 9.80 Å². The molecule has 3 aromatic rings. The maximum absolute atomic E-state index is 12.5. The Morgan fingerprint density at radius 2 is 1.18 bits per heavy atom. The highest BCUT2D eigenvalue weighted by Crippen LogP contribution is 2.30. The number of hydrogen-bond donors (Lipinski definition) is 1. The molecule has 1 N–H and O–H groups in total. The lowest BCUT2D eigenvalue weighted by Gasteiger charge is -2.23. The minimum Gasteiger partial charge on any atom is -0.345 e. The zero-order chi connectivity index (χ0) is 24.4. The summed E-state index contributed by atoms with van der Waals surface area (Å²) in [6, 6.07) is 26.1. The smallest absolute Gasteiger partial charge is 0.232 e. The third kappa shape index (κ3) is 7.52. The highest BCUT2D eigenvalue weighted by atomic mass is 32.2. The Kier molecular flexibility index (Phi) is 9.40. The van der Waals surface area contributed by atoms with E-state index in [1.807, 2.05) is 43.4 Å². The maximum Gasteiger partial charge on any atom is 0.232 e. The number of para-hydroxylation sites is 1. The van der Waals surface area contributed by atoms with Gasteiger partial charge in [-0.3, -0.25) is 4.72 Å². The predicted octanol–water partition coefficient (Wildman–Crippen LogP) is 7.32. The Hall–Kier alpha value is -2.99. The van der Waals surface area contributed by atoms with Crippen LogP contribution < -0.4 is 14.5 Å². The van der Waals surface area contributed by atoms with Gasteiger partial charge >= 0.3 is 0 Å². The van der Waals surface area contributed by atoms with Crippen molar-refractivity contribution in [1.82, 2.24) is 0 Å². The van der Waals surface area contributed by atoms with Gasteiger partial charge in [0.25, 0.3) is 0 Å². The molecule has 0 saturated carbocycles. The predicted molar refractivity (Wildman–Crippen MR) is 146 cm³/mol. The largest absolute Gasteiger partial charge is 0.345 e. The van der Waals surface area contributed by atoms with E-state index in [0.29, 0.717) is 12.1 Å². The van der Waals surface area contributed by atoms with E-state index in [-0.39, 0.29) is 5.75 Å². The Bertz CT molecular complexity index is 1120. The molecule has 0 radical (unpaired) electrons. The van der Waals surface area contributed by atoms with Crippen LogP contribution in [-0.4, -0.2) is 28.3 Å². The summed E-state index contributed by atoms with van der Waals surface area (Å²) in [4.78, 5) is 4.20. The topological polar surface area (TPSA) is 52.7 Å². The molecular formula is C28H37N3O2S. The number of nitrogens with one attached hydrogen (secondary N) is 1. The molecule has 0 saturated heterocycles. The number of sulfonamides is 1. The van der Waals surface area contributed by atoms with Crippen molar-refractivity contribution in [2.75, 3.05) is 34.4 Å². The molecule has 5 nitrogen and oxygen atoms in total. The van der Waals surface area contributed by atoms with E-state index in [1.54, 1.807) is 6.07 Å². The van der Waals surface area contributed by atoms with E-state index >= 15 is 0 Å². The molecule has 0 aliphatic carbocycles. The molecule has 0 heterocycles. The molecule has 0 fully saturated rings. The van der Waals surface area contributed by atoms with E-state index in [1.165, 1.54) is 19.3 Å². The fraction of sp³-hybridized carbons (Fsp3) is 0.357. The number of nitrogens with zero attached hydrogens (tertiary/aromatic N) is 2. The number of rotatable bonds is 13. The van der Waals surface area contributed by atoms with Crippen molar-refractivity contribution in [3.05, 3.63) is 78.9 Å². The molecule has 0 unspecified atom stereocenters. The third-order valence-electron chi connectivity index (χ3n) is 6.04. The van der Waals surface area contributed by atoms with Gasteiger partial charge in [0.1, 0.15) is 0 Å². The summed E-state index contributed by atoms with van der Waals surface area (Å²) in [6.45, 7) is 2.18. The van der Waals surface area contributed by atoms with Crippen LogP contribution in [-0.2, 0) is 10.0 Å². The molecule has 0 atom stereocenters. The number of unbranched alkanes of at least 4 members (excludes halogenated alkanes) is 5. The van der Waals surface area contributed by atoms with Gasteiger partial charge in [-0.15, -0.1) is 0 Å². The van der Waals surface area contributed by atoms with Gasteiger partial charge in [-0.05, 0) is 61.0 Å². The van der Waals surface area contributed by atoms with Crippen molar-refractivity contribution in [2.45, 2.75) is 45.4 Å². The first kappa shape index (κ1) is 25.6. The summed E-state index contributed by atoms with van der Waals surface area (Å²) in [5, 5.41) is 0. The summed E-state index contributed by atoms with van der Waals surface area (Å²) in [5.41, 5.74) is 4.76. The molecule has 34 heavy (non-hydrogen) atoms. The van der Waals surface area contributed by atoms with Crippen LogP contribution in [0.2, 0.25) is 0 Å². The molecule has 3 rings (SSSR count). The van der Waals surface area contributed by atoms with Crippen molar-refractivity contribution in [3.63, 3.8) is 0 Å². The van der Waals surface area contributed by atoms with Gasteiger partial charge in [-0.2, -0.15) is 0 Å². The number of benzene rings is 3. The normalized spacial score (nSPS) is 11.3. The maximum atomic E-state index is 12.5. The summed E-state index contributed by atoms with van der Waals surface area (Å²) in [7, 11) is 0.686. The standard InChI is InChI=1S/C28H37N3O2S/c1-4-5-6-7-8-12-22-34(32,33)29-24-14-13-17-28(23-24)31(3)27-20-18-26(19-21-27)30(2)25-15-10-9-11-16-25/h9-11,13-21,23,29H,4-8,12,22H2,1-3H3. The summed E-state index contributed by atoms with van der Waals surface area (Å²) >= 11 is 0. The van der Waals surface area contributed by atoms with Crippen LogP contribution in [0.15, 0.2) is 78.9 Å². The second-order valence-electron chi connectivity index (χ2n) is 8.71. The van der Waals surface area contributed by atoms with Gasteiger partial charge in [0, 0.05) is 36.8 Å². The van der Waals surface area contributed by atoms with Crippen LogP contribution in [0, 0.1) is 0 Å². The highest BCUT2D eigenvalue weighted by Gasteiger charge is 2.12. The van der Waals surface area contributed by atoms with Crippen LogP contribution in [0.5, 0.6) is 0 Å². The zero-order valence-electron chi connectivity index (χ0n) is 20.6. The van der Waals surface area contributed by atoms with Gasteiger partial charge in [0.05, 0.1) is 11.4 Å². The van der Waals surface area contributed by atoms with Crippen LogP contribution in [0.1, 0.15) is 45.4 Å². The van der Waals surface area contributed by atoms with E-state index in [4.69, 9.17) is 0 Å². The molecular weight excluding hydrogens is 442 g/mol. The fourth-order valence-electron chi connectivity index (χ4n) is 3.93. The summed E-state index contributed by atoms with van der Waals surface area (Å²) in [5.74, 6) is 0.162. The molecule has 0 aliphatic heterocycles. The lowest BCUT2D eigenvalue weighted by molar-refractivity contribution is 0.588. The minimum atomic E-state index is -3.35. The van der Waals surface area contributed by atoms with Crippen LogP contribution in [0.4, 0.5) is 28.4 Å². The highest BCUT2D eigenvalue weighted by molar-refractivity contribution is 7.92. The van der Waals surface area contributed by atoms with E-state index in [9.17, 15) is 8.42 Å². The lowest BCUT2D eigenvalue weighted by Crippen LogP contribution is -2.17. The quantitative estimate of drug-likeness (QED) is 0.261. The van der Waals surface area contributed by atoms with Crippen molar-refractivity contribution in [2.24, 2.45) is 0 Å². The van der Waals surface area contributed by atoms with Crippen molar-refractivity contribution in [3.8, 4) is 0 Å². The first-order valence-electron chi connectivity index (χ1n) is 12.1. The summed E-state index contributed by atoms with van der Waals surface area (Å²) in [6.07, 6.45) is 6.35. The molecule has 6 heteroatoms. The number of hydrogen-bond acceptors (Lipinski definition) is 4. The van der Waals surface area contributed by atoms with Gasteiger partial charge in [0.2, 0.25) is 10.0 Å². The Balaban J connectivity index is 1.61. The molecule has 182 valence electrons. The van der Waals surface area contributed by atoms with Crippen LogP contribution in [0.3, 0.4) is 0 Å². The van der Waals surface area contributed by atoms with Crippen LogP contribution >= 0.6 is 0 Å². The Morgan fingerprint density at radius 1 is 0.647 bits per heavy atom. The SMILES string of the molecule is CCCCCCCCS(=O)(=O)Nc1cccc(N(C)c2ccc(N(C)c3ccccc3)cc2)c1. The molecule has 0 aliphatic rings. The molecule has 0 spiro atoms. The average molecular weight is 480 g/mol. The van der Waals surface area contributed by atoms with Crippen molar-refractivity contribution < 1.29 is 8.42 Å². The van der Waals surface area contributed by atoms with E-state index < -0.39 is 10.0 Å². The molecule has 3 aromatic carbocycles. The Morgan fingerprint density at radius 3 is 1.82 bits per heavy atom. The molecule has 0 bridgehead atoms. The average Bonchev–Trinajstić information content (AvgIpc) is 2.86. The molecule has 0 amide bonds.